The largest absolute Gasteiger partial charge is 0.393 e. The van der Waals surface area contributed by atoms with Gasteiger partial charge in [0.1, 0.15) is 0 Å². The fourth-order valence-electron chi connectivity index (χ4n) is 4.29. The minimum atomic E-state index is 0.495. The summed E-state index contributed by atoms with van der Waals surface area (Å²) in [6, 6.07) is 6.80. The van der Waals surface area contributed by atoms with E-state index >= 15 is 0 Å². The van der Waals surface area contributed by atoms with Crippen LogP contribution in [0, 0.1) is 0 Å². The fraction of sp³-hybridized carbons (Fsp3) is 0.538. The Morgan fingerprint density at radius 3 is 2.54 bits per heavy atom. The molecule has 1 nitrogen and oxygen atoms in total. The molecule has 2 rings (SSSR count). The van der Waals surface area contributed by atoms with Crippen LogP contribution in [0.3, 0.4) is 0 Å². The molecular formula is C26H40BN. The third-order valence-electron chi connectivity index (χ3n) is 6.27. The first kappa shape index (κ1) is 22.6. The van der Waals surface area contributed by atoms with Crippen LogP contribution in [0.25, 0.3) is 5.57 Å². The summed E-state index contributed by atoms with van der Waals surface area (Å²) in [6.07, 6.45) is 11.7. The number of nitrogens with one attached hydrogen (secondary N) is 1. The summed E-state index contributed by atoms with van der Waals surface area (Å²) in [5, 5.41) is 3.65. The summed E-state index contributed by atoms with van der Waals surface area (Å²) in [7, 11) is 0. The van der Waals surface area contributed by atoms with Gasteiger partial charge >= 0.3 is 0 Å². The lowest BCUT2D eigenvalue weighted by Gasteiger charge is -2.32. The third kappa shape index (κ3) is 6.43. The smallest absolute Gasteiger partial charge is 0.168 e. The van der Waals surface area contributed by atoms with E-state index in [4.69, 9.17) is 0 Å². The quantitative estimate of drug-likeness (QED) is 0.231. The van der Waals surface area contributed by atoms with Crippen molar-refractivity contribution in [1.29, 1.82) is 0 Å². The maximum Gasteiger partial charge on any atom is 0.168 e. The molecule has 0 radical (unpaired) electrons. The van der Waals surface area contributed by atoms with Gasteiger partial charge in [-0.1, -0.05) is 77.0 Å². The van der Waals surface area contributed by atoms with Crippen molar-refractivity contribution in [2.24, 2.45) is 0 Å². The van der Waals surface area contributed by atoms with E-state index in [9.17, 15) is 0 Å². The lowest BCUT2D eigenvalue weighted by Crippen LogP contribution is -2.46. The molecule has 0 amide bonds. The Labute approximate surface area is 174 Å². The molecule has 0 bridgehead atoms. The fourth-order valence-corrected chi connectivity index (χ4v) is 4.29. The van der Waals surface area contributed by atoms with Gasteiger partial charge in [-0.3, -0.25) is 0 Å². The first-order valence-corrected chi connectivity index (χ1v) is 11.4. The zero-order valence-corrected chi connectivity index (χ0v) is 18.6. The Balaban J connectivity index is 1.95. The maximum atomic E-state index is 4.45. The van der Waals surface area contributed by atoms with Gasteiger partial charge in [-0.05, 0) is 73.5 Å². The molecule has 0 fully saturated rings. The number of allylic oxidation sites excluding steroid dienone is 3. The monoisotopic (exact) mass is 377 g/mol. The first-order valence-electron chi connectivity index (χ1n) is 11.4. The van der Waals surface area contributed by atoms with E-state index in [1.165, 1.54) is 59.9 Å². The van der Waals surface area contributed by atoms with Gasteiger partial charge in [0, 0.05) is 11.6 Å². The molecule has 1 unspecified atom stereocenters. The topological polar surface area (TPSA) is 12.0 Å². The van der Waals surface area contributed by atoms with Crippen molar-refractivity contribution in [3.8, 4) is 0 Å². The number of hydrogen-bond donors (Lipinski definition) is 1. The van der Waals surface area contributed by atoms with Crippen LogP contribution in [0.15, 0.2) is 49.2 Å². The average Bonchev–Trinajstić information content (AvgIpc) is 2.68. The van der Waals surface area contributed by atoms with E-state index in [1.807, 2.05) is 0 Å². The molecule has 0 spiro atoms. The molecule has 0 saturated carbocycles. The highest BCUT2D eigenvalue weighted by Crippen LogP contribution is 2.31. The summed E-state index contributed by atoms with van der Waals surface area (Å²) in [4.78, 5) is 0. The van der Waals surface area contributed by atoms with Crippen LogP contribution in [0.2, 0.25) is 6.82 Å². The van der Waals surface area contributed by atoms with Gasteiger partial charge in [0.05, 0.1) is 0 Å². The zero-order valence-electron chi connectivity index (χ0n) is 18.6. The standard InChI is InChI=1S/C26H40BN/c1-7-9-10-13-20(3)14-11-15-21(4)24-17-12-16-23-18-26(28-22(5)8-2)27(6)19-25(23)24/h12,16-17,26,28H,3-5,7-11,13-15,18-19H2,1-2,6H3. The van der Waals surface area contributed by atoms with Gasteiger partial charge in [-0.15, -0.1) is 0 Å². The Bertz CT molecular complexity index is 688. The van der Waals surface area contributed by atoms with Crippen molar-refractivity contribution in [2.45, 2.75) is 90.7 Å². The van der Waals surface area contributed by atoms with E-state index < -0.39 is 0 Å². The molecule has 0 aromatic heterocycles. The van der Waals surface area contributed by atoms with Crippen LogP contribution >= 0.6 is 0 Å². The summed E-state index contributed by atoms with van der Waals surface area (Å²) in [5.74, 6) is 0.495. The number of rotatable bonds is 12. The van der Waals surface area contributed by atoms with Crippen LogP contribution in [-0.4, -0.2) is 12.7 Å². The lowest BCUT2D eigenvalue weighted by molar-refractivity contribution is 0.671. The van der Waals surface area contributed by atoms with Crippen LogP contribution in [-0.2, 0) is 12.7 Å². The Morgan fingerprint density at radius 2 is 1.82 bits per heavy atom. The van der Waals surface area contributed by atoms with Gasteiger partial charge in [-0.25, -0.2) is 0 Å². The van der Waals surface area contributed by atoms with Crippen LogP contribution in [0.4, 0.5) is 0 Å². The van der Waals surface area contributed by atoms with E-state index in [0.29, 0.717) is 12.7 Å². The minimum Gasteiger partial charge on any atom is -0.393 e. The van der Waals surface area contributed by atoms with Gasteiger partial charge in [0.15, 0.2) is 6.71 Å². The zero-order chi connectivity index (χ0) is 20.5. The van der Waals surface area contributed by atoms with Crippen molar-refractivity contribution >= 4 is 12.3 Å². The van der Waals surface area contributed by atoms with Crippen molar-refractivity contribution in [3.63, 3.8) is 0 Å². The second-order valence-electron chi connectivity index (χ2n) is 8.70. The molecule has 28 heavy (non-hydrogen) atoms. The Hall–Kier alpha value is -1.70. The SMILES string of the molecule is C=C(CCCCC)CCCC(=C)c1cccc2c1CB(C)C(NC(=C)CC)C2. The van der Waals surface area contributed by atoms with Crippen molar-refractivity contribution in [1.82, 2.24) is 5.32 Å². The molecule has 152 valence electrons. The van der Waals surface area contributed by atoms with Crippen LogP contribution in [0.5, 0.6) is 0 Å². The summed E-state index contributed by atoms with van der Waals surface area (Å²) in [5.41, 5.74) is 8.28. The minimum absolute atomic E-state index is 0.495. The number of unbranched alkanes of at least 4 members (excludes halogenated alkanes) is 2. The highest BCUT2D eigenvalue weighted by molar-refractivity contribution is 6.59. The van der Waals surface area contributed by atoms with Crippen molar-refractivity contribution < 1.29 is 0 Å². The first-order chi connectivity index (χ1) is 13.5. The molecule has 0 aliphatic carbocycles. The molecule has 1 heterocycles. The second-order valence-corrected chi connectivity index (χ2v) is 8.70. The van der Waals surface area contributed by atoms with Crippen LogP contribution < -0.4 is 5.32 Å². The number of benzene rings is 1. The van der Waals surface area contributed by atoms with E-state index in [-0.39, 0.29) is 0 Å². The van der Waals surface area contributed by atoms with Crippen LogP contribution in [0.1, 0.15) is 81.9 Å². The maximum absolute atomic E-state index is 4.45. The molecule has 1 aliphatic rings. The average molecular weight is 377 g/mol. The molecule has 1 aromatic carbocycles. The highest BCUT2D eigenvalue weighted by Gasteiger charge is 2.29. The molecule has 1 aromatic rings. The van der Waals surface area contributed by atoms with Crippen molar-refractivity contribution in [2.75, 3.05) is 0 Å². The van der Waals surface area contributed by atoms with Gasteiger partial charge < -0.3 is 5.32 Å². The molecule has 1 N–H and O–H groups in total. The third-order valence-corrected chi connectivity index (χ3v) is 6.27. The Kier molecular flexibility index (Phi) is 9.15. The predicted molar refractivity (Wildman–Crippen MR) is 128 cm³/mol. The Morgan fingerprint density at radius 1 is 1.07 bits per heavy atom. The summed E-state index contributed by atoms with van der Waals surface area (Å²) < 4.78 is 0. The predicted octanol–water partition coefficient (Wildman–Crippen LogP) is 7.19. The molecule has 2 heteroatoms. The molecular weight excluding hydrogens is 337 g/mol. The van der Waals surface area contributed by atoms with E-state index in [0.717, 1.165) is 37.7 Å². The number of hydrogen-bond acceptors (Lipinski definition) is 1. The van der Waals surface area contributed by atoms with Gasteiger partial charge in [-0.2, -0.15) is 0 Å². The molecule has 1 atom stereocenters. The van der Waals surface area contributed by atoms with Gasteiger partial charge in [0.2, 0.25) is 0 Å². The normalized spacial score (nSPS) is 15.8. The number of fused-ring (bicyclic) bond motifs is 1. The highest BCUT2D eigenvalue weighted by atomic mass is 14.9. The second kappa shape index (κ2) is 11.3. The molecule has 1 aliphatic heterocycles. The summed E-state index contributed by atoms with van der Waals surface area (Å²) in [6.45, 7) is 20.3. The van der Waals surface area contributed by atoms with E-state index in [1.54, 1.807) is 0 Å². The molecule has 0 saturated heterocycles. The lowest BCUT2D eigenvalue weighted by atomic mass is 9.39. The summed E-state index contributed by atoms with van der Waals surface area (Å²) >= 11 is 0. The van der Waals surface area contributed by atoms with Gasteiger partial charge in [0.25, 0.3) is 0 Å². The van der Waals surface area contributed by atoms with E-state index in [2.05, 4.69) is 63.9 Å². The van der Waals surface area contributed by atoms with Crippen molar-refractivity contribution in [3.05, 3.63) is 65.9 Å².